The molecule has 5 heteroatoms. The maximum absolute atomic E-state index is 13.1. The van der Waals surface area contributed by atoms with Gasteiger partial charge in [0.05, 0.1) is 0 Å². The summed E-state index contributed by atoms with van der Waals surface area (Å²) in [5.41, 5.74) is -0.186. The monoisotopic (exact) mass is 271 g/mol. The van der Waals surface area contributed by atoms with E-state index in [0.717, 1.165) is 37.8 Å². The average Bonchev–Trinajstić information content (AvgIpc) is 2.38. The summed E-state index contributed by atoms with van der Waals surface area (Å²) in [6.45, 7) is 2.04. The highest BCUT2D eigenvalue weighted by molar-refractivity contribution is 5.94. The Morgan fingerprint density at radius 3 is 2.32 bits per heavy atom. The average molecular weight is 271 g/mol. The Morgan fingerprint density at radius 2 is 1.74 bits per heavy atom. The van der Waals surface area contributed by atoms with Crippen molar-refractivity contribution in [1.82, 2.24) is 5.32 Å². The Balaban J connectivity index is 2.11. The molecule has 0 spiro atoms. The van der Waals surface area contributed by atoms with E-state index in [1.165, 1.54) is 0 Å². The Kier molecular flexibility index (Phi) is 4.12. The summed E-state index contributed by atoms with van der Waals surface area (Å²) in [5.74, 6) is -4.46. The number of halogens is 3. The van der Waals surface area contributed by atoms with Crippen molar-refractivity contribution in [2.45, 2.75) is 38.6 Å². The Labute approximate surface area is 110 Å². The van der Waals surface area contributed by atoms with Crippen molar-refractivity contribution in [3.05, 3.63) is 35.1 Å². The van der Waals surface area contributed by atoms with Crippen LogP contribution in [-0.2, 0) is 0 Å². The fourth-order valence-electron chi connectivity index (χ4n) is 2.47. The van der Waals surface area contributed by atoms with Crippen LogP contribution in [0.1, 0.15) is 43.0 Å². The minimum absolute atomic E-state index is 0.0115. The molecule has 1 amide bonds. The zero-order valence-electron chi connectivity index (χ0n) is 10.7. The predicted molar refractivity (Wildman–Crippen MR) is 65.2 cm³/mol. The number of hydrogen-bond donors (Lipinski definition) is 1. The van der Waals surface area contributed by atoms with Gasteiger partial charge in [0.2, 0.25) is 0 Å². The van der Waals surface area contributed by atoms with Crippen LogP contribution < -0.4 is 5.32 Å². The van der Waals surface area contributed by atoms with Crippen molar-refractivity contribution in [3.8, 4) is 0 Å². The van der Waals surface area contributed by atoms with E-state index < -0.39 is 23.4 Å². The Morgan fingerprint density at radius 1 is 1.16 bits per heavy atom. The lowest BCUT2D eigenvalue weighted by Gasteiger charge is -2.29. The second kappa shape index (κ2) is 5.63. The molecule has 1 saturated carbocycles. The molecule has 1 aromatic carbocycles. The summed E-state index contributed by atoms with van der Waals surface area (Å²) >= 11 is 0. The highest BCUT2D eigenvalue weighted by Crippen LogP contribution is 2.24. The maximum atomic E-state index is 13.1. The second-order valence-electron chi connectivity index (χ2n) is 5.10. The summed E-state index contributed by atoms with van der Waals surface area (Å²) < 4.78 is 38.9. The fourth-order valence-corrected chi connectivity index (χ4v) is 2.47. The highest BCUT2D eigenvalue weighted by Gasteiger charge is 2.24. The molecule has 0 heterocycles. The quantitative estimate of drug-likeness (QED) is 0.820. The molecule has 1 aliphatic rings. The van der Waals surface area contributed by atoms with Gasteiger partial charge in [0.15, 0.2) is 17.5 Å². The molecule has 2 rings (SSSR count). The summed E-state index contributed by atoms with van der Waals surface area (Å²) in [6.07, 6.45) is 4.05. The lowest BCUT2D eigenvalue weighted by molar-refractivity contribution is 0.0909. The molecule has 0 radical (unpaired) electrons. The van der Waals surface area contributed by atoms with Crippen LogP contribution in [0.4, 0.5) is 13.2 Å². The van der Waals surface area contributed by atoms with Gasteiger partial charge < -0.3 is 5.32 Å². The standard InChI is InChI=1S/C14H16F3NO/c1-8-4-2-3-5-12(8)18-14(19)9-6-10(15)13(17)11(16)7-9/h6-8,12H,2-5H2,1H3,(H,18,19). The van der Waals surface area contributed by atoms with Gasteiger partial charge in [0.25, 0.3) is 5.91 Å². The number of amides is 1. The molecule has 2 nitrogen and oxygen atoms in total. The topological polar surface area (TPSA) is 29.1 Å². The molecular weight excluding hydrogens is 255 g/mol. The molecule has 1 N–H and O–H groups in total. The first-order valence-electron chi connectivity index (χ1n) is 6.44. The van der Waals surface area contributed by atoms with Crippen molar-refractivity contribution < 1.29 is 18.0 Å². The van der Waals surface area contributed by atoms with Crippen LogP contribution in [-0.4, -0.2) is 11.9 Å². The van der Waals surface area contributed by atoms with Crippen molar-refractivity contribution in [3.63, 3.8) is 0 Å². The number of hydrogen-bond acceptors (Lipinski definition) is 1. The lowest BCUT2D eigenvalue weighted by atomic mass is 9.86. The van der Waals surface area contributed by atoms with Gasteiger partial charge in [0.1, 0.15) is 0 Å². The zero-order valence-corrected chi connectivity index (χ0v) is 10.7. The normalized spacial score (nSPS) is 23.2. The van der Waals surface area contributed by atoms with Crippen LogP contribution in [0.5, 0.6) is 0 Å². The molecular formula is C14H16F3NO. The van der Waals surface area contributed by atoms with Gasteiger partial charge in [-0.25, -0.2) is 13.2 Å². The van der Waals surface area contributed by atoms with Crippen LogP contribution in [0.2, 0.25) is 0 Å². The second-order valence-corrected chi connectivity index (χ2v) is 5.10. The van der Waals surface area contributed by atoms with E-state index in [4.69, 9.17) is 0 Å². The molecule has 1 fully saturated rings. The minimum atomic E-state index is -1.55. The van der Waals surface area contributed by atoms with Gasteiger partial charge in [-0.2, -0.15) is 0 Å². The Bertz CT molecular complexity index is 467. The molecule has 0 aliphatic heterocycles. The van der Waals surface area contributed by atoms with E-state index in [9.17, 15) is 18.0 Å². The van der Waals surface area contributed by atoms with Crippen molar-refractivity contribution in [2.75, 3.05) is 0 Å². The van der Waals surface area contributed by atoms with E-state index in [1.807, 2.05) is 6.92 Å². The van der Waals surface area contributed by atoms with Gasteiger partial charge in [-0.15, -0.1) is 0 Å². The smallest absolute Gasteiger partial charge is 0.251 e. The minimum Gasteiger partial charge on any atom is -0.349 e. The fraction of sp³-hybridized carbons (Fsp3) is 0.500. The molecule has 104 valence electrons. The van der Waals surface area contributed by atoms with E-state index >= 15 is 0 Å². The van der Waals surface area contributed by atoms with Crippen molar-refractivity contribution in [1.29, 1.82) is 0 Å². The van der Waals surface area contributed by atoms with Gasteiger partial charge >= 0.3 is 0 Å². The van der Waals surface area contributed by atoms with E-state index in [0.29, 0.717) is 5.92 Å². The maximum Gasteiger partial charge on any atom is 0.251 e. The summed E-state index contributed by atoms with van der Waals surface area (Å²) in [4.78, 5) is 11.9. The summed E-state index contributed by atoms with van der Waals surface area (Å²) in [5, 5.41) is 2.76. The van der Waals surface area contributed by atoms with Gasteiger partial charge in [-0.1, -0.05) is 19.8 Å². The van der Waals surface area contributed by atoms with E-state index in [-0.39, 0.29) is 11.6 Å². The first-order valence-corrected chi connectivity index (χ1v) is 6.44. The summed E-state index contributed by atoms with van der Waals surface area (Å²) in [7, 11) is 0. The number of rotatable bonds is 2. The number of nitrogens with one attached hydrogen (secondary N) is 1. The third kappa shape index (κ3) is 3.08. The number of carbonyl (C=O) groups excluding carboxylic acids is 1. The molecule has 19 heavy (non-hydrogen) atoms. The van der Waals surface area contributed by atoms with Crippen molar-refractivity contribution in [2.24, 2.45) is 5.92 Å². The lowest BCUT2D eigenvalue weighted by Crippen LogP contribution is -2.41. The van der Waals surface area contributed by atoms with E-state index in [1.54, 1.807) is 0 Å². The van der Waals surface area contributed by atoms with Crippen molar-refractivity contribution >= 4 is 5.91 Å². The first-order chi connectivity index (χ1) is 8.99. The molecule has 2 unspecified atom stereocenters. The van der Waals surface area contributed by atoms with E-state index in [2.05, 4.69) is 5.32 Å². The number of carbonyl (C=O) groups is 1. The van der Waals surface area contributed by atoms with Crippen LogP contribution >= 0.6 is 0 Å². The molecule has 0 bridgehead atoms. The molecule has 2 atom stereocenters. The van der Waals surface area contributed by atoms with Crippen LogP contribution in [0.15, 0.2) is 12.1 Å². The van der Waals surface area contributed by atoms with Gasteiger partial charge in [-0.3, -0.25) is 4.79 Å². The third-order valence-corrected chi connectivity index (χ3v) is 3.67. The SMILES string of the molecule is CC1CCCCC1NC(=O)c1cc(F)c(F)c(F)c1. The highest BCUT2D eigenvalue weighted by atomic mass is 19.2. The third-order valence-electron chi connectivity index (χ3n) is 3.67. The predicted octanol–water partition coefficient (Wildman–Crippen LogP) is 3.41. The molecule has 1 aromatic rings. The molecule has 0 aromatic heterocycles. The zero-order chi connectivity index (χ0) is 14.0. The Hall–Kier alpha value is -1.52. The van der Waals surface area contributed by atoms with Crippen LogP contribution in [0.25, 0.3) is 0 Å². The molecule has 1 aliphatic carbocycles. The summed E-state index contributed by atoms with van der Waals surface area (Å²) in [6, 6.07) is 1.46. The largest absolute Gasteiger partial charge is 0.349 e. The van der Waals surface area contributed by atoms with Crippen LogP contribution in [0, 0.1) is 23.4 Å². The first kappa shape index (κ1) is 13.9. The van der Waals surface area contributed by atoms with Gasteiger partial charge in [0, 0.05) is 11.6 Å². The number of benzene rings is 1. The van der Waals surface area contributed by atoms with Crippen LogP contribution in [0.3, 0.4) is 0 Å². The molecule has 0 saturated heterocycles. The van der Waals surface area contributed by atoms with Gasteiger partial charge in [-0.05, 0) is 30.9 Å².